The van der Waals surface area contributed by atoms with Crippen LogP contribution in [0.3, 0.4) is 0 Å². The van der Waals surface area contributed by atoms with Crippen molar-refractivity contribution in [3.8, 4) is 11.3 Å². The van der Waals surface area contributed by atoms with E-state index in [0.29, 0.717) is 35.6 Å². The van der Waals surface area contributed by atoms with Crippen molar-refractivity contribution in [2.75, 3.05) is 16.8 Å². The highest BCUT2D eigenvalue weighted by Gasteiger charge is 2.27. The highest BCUT2D eigenvalue weighted by atomic mass is 35.5. The molecule has 8 heteroatoms. The van der Waals surface area contributed by atoms with Crippen molar-refractivity contribution in [1.29, 1.82) is 0 Å². The lowest BCUT2D eigenvalue weighted by Gasteiger charge is -2.23. The standard InChI is InChI=1S/C28H22ClFN4O2/c1-16-11-19(13-20(30)12-16)27(35)33-21-7-8-22(24(29)14-21)28(36)34-10-9-18-15-31-17(2)32-26(18)23-5-3-4-6-25(23)34/h3-8,11-15H,9-10H2,1-2H3,(H,33,35). The van der Waals surface area contributed by atoms with E-state index in [-0.39, 0.29) is 16.5 Å². The van der Waals surface area contributed by atoms with Crippen molar-refractivity contribution in [3.05, 3.63) is 106 Å². The fourth-order valence-electron chi connectivity index (χ4n) is 4.37. The van der Waals surface area contributed by atoms with E-state index in [1.165, 1.54) is 18.2 Å². The van der Waals surface area contributed by atoms with E-state index in [9.17, 15) is 14.0 Å². The van der Waals surface area contributed by atoms with Gasteiger partial charge in [0.2, 0.25) is 0 Å². The second-order valence-electron chi connectivity index (χ2n) is 8.68. The fourth-order valence-corrected chi connectivity index (χ4v) is 4.63. The Morgan fingerprint density at radius 3 is 2.64 bits per heavy atom. The summed E-state index contributed by atoms with van der Waals surface area (Å²) in [7, 11) is 0. The number of halogens is 2. The topological polar surface area (TPSA) is 75.2 Å². The van der Waals surface area contributed by atoms with E-state index >= 15 is 0 Å². The zero-order chi connectivity index (χ0) is 25.4. The third-order valence-corrected chi connectivity index (χ3v) is 6.36. The van der Waals surface area contributed by atoms with Gasteiger partial charge in [-0.25, -0.2) is 14.4 Å². The second-order valence-corrected chi connectivity index (χ2v) is 9.09. The van der Waals surface area contributed by atoms with Gasteiger partial charge >= 0.3 is 0 Å². The van der Waals surface area contributed by atoms with E-state index in [1.807, 2.05) is 37.4 Å². The largest absolute Gasteiger partial charge is 0.322 e. The highest BCUT2D eigenvalue weighted by Crippen LogP contribution is 2.36. The fraction of sp³-hybridized carbons (Fsp3) is 0.143. The van der Waals surface area contributed by atoms with Gasteiger partial charge in [0, 0.05) is 29.6 Å². The van der Waals surface area contributed by atoms with Crippen LogP contribution < -0.4 is 10.2 Å². The summed E-state index contributed by atoms with van der Waals surface area (Å²) in [4.78, 5) is 36.9. The number of amides is 2. The van der Waals surface area contributed by atoms with Gasteiger partial charge in [-0.05, 0) is 73.9 Å². The molecule has 0 spiro atoms. The van der Waals surface area contributed by atoms with Gasteiger partial charge in [-0.1, -0.05) is 29.8 Å². The van der Waals surface area contributed by atoms with Crippen molar-refractivity contribution >= 4 is 34.8 Å². The number of hydrogen-bond donors (Lipinski definition) is 1. The van der Waals surface area contributed by atoms with Crippen LogP contribution in [0.5, 0.6) is 0 Å². The molecule has 0 unspecified atom stereocenters. The number of rotatable bonds is 3. The van der Waals surface area contributed by atoms with E-state index in [0.717, 1.165) is 22.5 Å². The Kier molecular flexibility index (Phi) is 6.24. The van der Waals surface area contributed by atoms with Crippen LogP contribution in [0, 0.1) is 19.7 Å². The summed E-state index contributed by atoms with van der Waals surface area (Å²) in [6, 6.07) is 16.5. The molecule has 2 heterocycles. The summed E-state index contributed by atoms with van der Waals surface area (Å²) in [6.45, 7) is 3.99. The van der Waals surface area contributed by atoms with Crippen LogP contribution in [-0.2, 0) is 6.42 Å². The van der Waals surface area contributed by atoms with Crippen LogP contribution in [-0.4, -0.2) is 28.3 Å². The molecule has 1 aliphatic heterocycles. The first-order valence-electron chi connectivity index (χ1n) is 11.4. The van der Waals surface area contributed by atoms with Gasteiger partial charge in [-0.3, -0.25) is 9.59 Å². The minimum atomic E-state index is -0.486. The molecule has 36 heavy (non-hydrogen) atoms. The van der Waals surface area contributed by atoms with Gasteiger partial charge in [0.1, 0.15) is 11.6 Å². The third-order valence-electron chi connectivity index (χ3n) is 6.05. The van der Waals surface area contributed by atoms with Gasteiger partial charge in [-0.15, -0.1) is 0 Å². The Bertz CT molecular complexity index is 1500. The number of carbonyl (C=O) groups excluding carboxylic acids is 2. The van der Waals surface area contributed by atoms with Crippen LogP contribution in [0.4, 0.5) is 15.8 Å². The molecule has 5 rings (SSSR count). The number of hydrogen-bond acceptors (Lipinski definition) is 4. The lowest BCUT2D eigenvalue weighted by atomic mass is 10.0. The maximum Gasteiger partial charge on any atom is 0.259 e. The van der Waals surface area contributed by atoms with Gasteiger partial charge in [-0.2, -0.15) is 0 Å². The number of nitrogens with zero attached hydrogens (tertiary/aromatic N) is 3. The average Bonchev–Trinajstić information content (AvgIpc) is 3.00. The van der Waals surface area contributed by atoms with Crippen molar-refractivity contribution < 1.29 is 14.0 Å². The van der Waals surface area contributed by atoms with E-state index in [2.05, 4.69) is 15.3 Å². The summed E-state index contributed by atoms with van der Waals surface area (Å²) >= 11 is 6.52. The number of aromatic nitrogens is 2. The second kappa shape index (κ2) is 9.51. The maximum absolute atomic E-state index is 13.7. The molecule has 180 valence electrons. The number of carbonyl (C=O) groups is 2. The molecule has 2 amide bonds. The highest BCUT2D eigenvalue weighted by molar-refractivity contribution is 6.35. The number of aryl methyl sites for hydroxylation is 2. The Labute approximate surface area is 212 Å². The molecule has 1 aromatic heterocycles. The molecule has 0 atom stereocenters. The first-order valence-corrected chi connectivity index (χ1v) is 11.8. The quantitative estimate of drug-likeness (QED) is 0.374. The predicted octanol–water partition coefficient (Wildman–Crippen LogP) is 6.01. The third kappa shape index (κ3) is 4.57. The molecule has 1 N–H and O–H groups in total. The lowest BCUT2D eigenvalue weighted by molar-refractivity contribution is 0.0986. The Hall–Kier alpha value is -4.10. The molecular weight excluding hydrogens is 479 g/mol. The van der Waals surface area contributed by atoms with Crippen molar-refractivity contribution in [2.45, 2.75) is 20.3 Å². The van der Waals surface area contributed by atoms with E-state index < -0.39 is 11.7 Å². The van der Waals surface area contributed by atoms with Crippen molar-refractivity contribution in [2.24, 2.45) is 0 Å². The normalized spacial score (nSPS) is 12.4. The van der Waals surface area contributed by atoms with Crippen molar-refractivity contribution in [1.82, 2.24) is 9.97 Å². The SMILES string of the molecule is Cc1cc(F)cc(C(=O)Nc2ccc(C(=O)N3CCc4cnc(C)nc4-c4ccccc43)c(Cl)c2)c1. The smallest absolute Gasteiger partial charge is 0.259 e. The summed E-state index contributed by atoms with van der Waals surface area (Å²) in [5.74, 6) is -0.551. The minimum absolute atomic E-state index is 0.197. The lowest BCUT2D eigenvalue weighted by Crippen LogP contribution is -2.32. The molecule has 6 nitrogen and oxygen atoms in total. The van der Waals surface area contributed by atoms with Crippen LogP contribution >= 0.6 is 11.6 Å². The van der Waals surface area contributed by atoms with E-state index in [4.69, 9.17) is 11.6 Å². The Morgan fingerprint density at radius 1 is 1.06 bits per heavy atom. The molecule has 1 aliphatic rings. The average molecular weight is 501 g/mol. The zero-order valence-electron chi connectivity index (χ0n) is 19.7. The van der Waals surface area contributed by atoms with E-state index in [1.54, 1.807) is 30.0 Å². The number of para-hydroxylation sites is 1. The summed E-state index contributed by atoms with van der Waals surface area (Å²) in [5, 5.41) is 2.91. The first-order chi connectivity index (χ1) is 17.3. The van der Waals surface area contributed by atoms with Crippen LogP contribution in [0.2, 0.25) is 5.02 Å². The van der Waals surface area contributed by atoms with Gasteiger partial charge in [0.25, 0.3) is 11.8 Å². The Balaban J connectivity index is 1.43. The molecule has 0 bridgehead atoms. The number of benzene rings is 3. The monoisotopic (exact) mass is 500 g/mol. The van der Waals surface area contributed by atoms with Gasteiger partial charge in [0.15, 0.2) is 0 Å². The molecule has 0 saturated heterocycles. The number of nitrogens with one attached hydrogen (secondary N) is 1. The molecule has 0 saturated carbocycles. The minimum Gasteiger partial charge on any atom is -0.322 e. The number of fused-ring (bicyclic) bond motifs is 3. The molecule has 3 aromatic carbocycles. The van der Waals surface area contributed by atoms with Crippen LogP contribution in [0.25, 0.3) is 11.3 Å². The molecular formula is C28H22ClFN4O2. The summed E-state index contributed by atoms with van der Waals surface area (Å²) in [6.07, 6.45) is 2.40. The predicted molar refractivity (Wildman–Crippen MR) is 138 cm³/mol. The van der Waals surface area contributed by atoms with Crippen LogP contribution in [0.15, 0.2) is 66.9 Å². The summed E-state index contributed by atoms with van der Waals surface area (Å²) in [5.41, 5.74) is 4.94. The first kappa shape index (κ1) is 23.6. The number of anilines is 2. The zero-order valence-corrected chi connectivity index (χ0v) is 20.4. The molecule has 0 fully saturated rings. The molecule has 4 aromatic rings. The Morgan fingerprint density at radius 2 is 1.86 bits per heavy atom. The van der Waals surface area contributed by atoms with Gasteiger partial charge in [0.05, 0.1) is 22.0 Å². The van der Waals surface area contributed by atoms with Gasteiger partial charge < -0.3 is 10.2 Å². The molecule has 0 radical (unpaired) electrons. The molecule has 0 aliphatic carbocycles. The van der Waals surface area contributed by atoms with Crippen LogP contribution in [0.1, 0.15) is 37.7 Å². The van der Waals surface area contributed by atoms with Crippen molar-refractivity contribution in [3.63, 3.8) is 0 Å². The maximum atomic E-state index is 13.7. The summed E-state index contributed by atoms with van der Waals surface area (Å²) < 4.78 is 13.7.